The van der Waals surface area contributed by atoms with Crippen LogP contribution in [0.5, 0.6) is 0 Å². The molecule has 0 saturated carbocycles. The van der Waals surface area contributed by atoms with Gasteiger partial charge in [0.15, 0.2) is 5.69 Å². The monoisotopic (exact) mass is 556 g/mol. The fraction of sp³-hybridized carbons (Fsp3) is 0.300. The third-order valence-corrected chi connectivity index (χ3v) is 7.49. The first-order valence-corrected chi connectivity index (χ1v) is 11.7. The number of hydrogen-bond acceptors (Lipinski definition) is 7. The second-order valence-electron chi connectivity index (χ2n) is 7.66. The molecule has 0 radical (unpaired) electrons. The van der Waals surface area contributed by atoms with Crippen molar-refractivity contribution in [1.82, 2.24) is 14.5 Å². The summed E-state index contributed by atoms with van der Waals surface area (Å²) in [6, 6.07) is 1.32. The molecule has 194 valence electrons. The number of sulfone groups is 1. The fourth-order valence-electron chi connectivity index (χ4n) is 3.42. The van der Waals surface area contributed by atoms with Crippen molar-refractivity contribution in [2.24, 2.45) is 0 Å². The van der Waals surface area contributed by atoms with Gasteiger partial charge >= 0.3 is 23.7 Å². The van der Waals surface area contributed by atoms with E-state index in [1.54, 1.807) is 13.0 Å². The van der Waals surface area contributed by atoms with Crippen LogP contribution in [-0.2, 0) is 26.0 Å². The van der Waals surface area contributed by atoms with Crippen LogP contribution in [-0.4, -0.2) is 53.0 Å². The summed E-state index contributed by atoms with van der Waals surface area (Å²) in [5, 5.41) is 0. The number of amides is 2. The molecular weight excluding hydrogens is 540 g/mol. The van der Waals surface area contributed by atoms with E-state index in [9.17, 15) is 44.3 Å². The number of pyridine rings is 1. The number of hydrogen-bond donors (Lipinski definition) is 0. The number of aryl methyl sites for hydroxylation is 1. The molecule has 2 heterocycles. The molecule has 0 bridgehead atoms. The summed E-state index contributed by atoms with van der Waals surface area (Å²) in [7, 11) is -5.81. The van der Waals surface area contributed by atoms with Crippen molar-refractivity contribution in [2.45, 2.75) is 43.0 Å². The van der Waals surface area contributed by atoms with Gasteiger partial charge in [0, 0.05) is 29.2 Å². The minimum Gasteiger partial charge on any atom is -0.271 e. The normalized spacial score (nSPS) is 21.1. The molecule has 1 aliphatic heterocycles. The van der Waals surface area contributed by atoms with E-state index in [0.29, 0.717) is 35.4 Å². The van der Waals surface area contributed by atoms with Gasteiger partial charge in [-0.15, -0.1) is 0 Å². The number of alkyl halides is 6. The minimum absolute atomic E-state index is 0.182. The van der Waals surface area contributed by atoms with Crippen molar-refractivity contribution in [3.63, 3.8) is 0 Å². The van der Waals surface area contributed by atoms with Crippen LogP contribution in [0.1, 0.15) is 18.1 Å². The van der Waals surface area contributed by atoms with Gasteiger partial charge in [-0.2, -0.15) is 26.3 Å². The van der Waals surface area contributed by atoms with E-state index in [0.717, 1.165) is 4.90 Å². The highest BCUT2D eigenvalue weighted by Gasteiger charge is 2.64. The van der Waals surface area contributed by atoms with Crippen LogP contribution >= 0.6 is 12.2 Å². The van der Waals surface area contributed by atoms with E-state index in [4.69, 9.17) is 12.2 Å². The molecule has 2 aromatic rings. The summed E-state index contributed by atoms with van der Waals surface area (Å²) in [4.78, 5) is 33.1. The molecule has 1 aromatic carbocycles. The molecule has 0 spiro atoms. The second-order valence-corrected chi connectivity index (χ2v) is 10.0. The summed E-state index contributed by atoms with van der Waals surface area (Å²) in [5.41, 5.74) is -5.09. The molecule has 0 aliphatic carbocycles. The third kappa shape index (κ3) is 4.55. The van der Waals surface area contributed by atoms with Gasteiger partial charge in [-0.25, -0.2) is 22.8 Å². The Hall–Kier alpha value is -3.11. The van der Waals surface area contributed by atoms with Gasteiger partial charge in [0.2, 0.25) is 0 Å². The Morgan fingerprint density at radius 2 is 1.72 bits per heavy atom. The Labute approximate surface area is 205 Å². The molecule has 2 atom stereocenters. The number of benzene rings is 1. The van der Waals surface area contributed by atoms with E-state index in [1.165, 1.54) is 19.3 Å². The van der Waals surface area contributed by atoms with E-state index in [2.05, 4.69) is 9.82 Å². The van der Waals surface area contributed by atoms with Crippen LogP contribution in [0.3, 0.4) is 0 Å². The molecule has 3 rings (SSSR count). The number of hydroxylamine groups is 2. The summed E-state index contributed by atoms with van der Waals surface area (Å²) in [5.74, 6) is -2.79. The Kier molecular flexibility index (Phi) is 6.93. The van der Waals surface area contributed by atoms with Gasteiger partial charge in [-0.1, -0.05) is 0 Å². The van der Waals surface area contributed by atoms with Crippen LogP contribution in [0.15, 0.2) is 47.6 Å². The molecule has 1 unspecified atom stereocenters. The van der Waals surface area contributed by atoms with E-state index < -0.39 is 59.8 Å². The number of halogens is 6. The number of nitrogens with zero attached hydrogens (tertiary/aromatic N) is 3. The highest BCUT2D eigenvalue weighted by Crippen LogP contribution is 2.39. The Balaban J connectivity index is 2.15. The summed E-state index contributed by atoms with van der Waals surface area (Å²) < 4.78 is 99.5. The maximum absolute atomic E-state index is 13.5. The SMILES string of the molecule is Cc1cnccc1CN1C(=O)[N+](OC(=O)C(F)(F)F)(c2ccc(S(=O)(=O)C(F)(F)F)cc2)C(=S)[C@H]1C. The highest BCUT2D eigenvalue weighted by atomic mass is 32.2. The lowest BCUT2D eigenvalue weighted by Gasteiger charge is -2.26. The van der Waals surface area contributed by atoms with Gasteiger partial charge in [0.1, 0.15) is 6.04 Å². The lowest BCUT2D eigenvalue weighted by atomic mass is 10.1. The predicted octanol–water partition coefficient (Wildman–Crippen LogP) is 4.36. The number of aromatic nitrogens is 1. The fourth-order valence-corrected chi connectivity index (χ4v) is 4.53. The van der Waals surface area contributed by atoms with E-state index >= 15 is 0 Å². The summed E-state index contributed by atoms with van der Waals surface area (Å²) in [6.07, 6.45) is -2.67. The lowest BCUT2D eigenvalue weighted by molar-refractivity contribution is -0.216. The van der Waals surface area contributed by atoms with E-state index in [1.807, 2.05) is 0 Å². The lowest BCUT2D eigenvalue weighted by Crippen LogP contribution is -2.57. The zero-order valence-corrected chi connectivity index (χ0v) is 19.9. The van der Waals surface area contributed by atoms with Gasteiger partial charge in [0.25, 0.3) is 14.8 Å². The van der Waals surface area contributed by atoms with Crippen LogP contribution in [0, 0.1) is 6.92 Å². The van der Waals surface area contributed by atoms with Crippen molar-refractivity contribution < 1.29 is 49.2 Å². The van der Waals surface area contributed by atoms with Gasteiger partial charge in [-0.3, -0.25) is 9.88 Å². The van der Waals surface area contributed by atoms with Crippen LogP contribution in [0.25, 0.3) is 0 Å². The standard InChI is InChI=1S/C20H16F6N3O5S2/c1-11-9-27-8-7-13(11)10-28-12(2)16(35)29(18(28)31,34-17(30)19(21,22)23)14-3-5-15(6-4-14)36(32,33)20(24,25)26/h3-9,12H,10H2,1-2H3/q+1/t12-,29?/m1/s1. The number of rotatable bonds is 5. The van der Waals surface area contributed by atoms with Crippen molar-refractivity contribution in [3.8, 4) is 0 Å². The number of thiocarbonyl (C=S) groups is 1. The Morgan fingerprint density at radius 1 is 1.14 bits per heavy atom. The zero-order valence-electron chi connectivity index (χ0n) is 18.3. The average molecular weight is 556 g/mol. The molecule has 1 aromatic heterocycles. The number of quaternary nitrogens is 1. The molecule has 1 saturated heterocycles. The molecule has 1 aliphatic rings. The van der Waals surface area contributed by atoms with Crippen LogP contribution in [0.4, 0.5) is 36.8 Å². The van der Waals surface area contributed by atoms with Crippen LogP contribution < -0.4 is 4.65 Å². The smallest absolute Gasteiger partial charge is 0.271 e. The number of carbonyl (C=O) groups is 2. The predicted molar refractivity (Wildman–Crippen MR) is 116 cm³/mol. The molecule has 36 heavy (non-hydrogen) atoms. The molecule has 16 heteroatoms. The maximum Gasteiger partial charge on any atom is 0.501 e. The topological polar surface area (TPSA) is 93.6 Å². The van der Waals surface area contributed by atoms with Gasteiger partial charge in [0.05, 0.1) is 11.4 Å². The largest absolute Gasteiger partial charge is 0.501 e. The zero-order chi connectivity index (χ0) is 27.3. The van der Waals surface area contributed by atoms with Crippen molar-refractivity contribution in [1.29, 1.82) is 0 Å². The summed E-state index contributed by atoms with van der Waals surface area (Å²) >= 11 is 5.22. The number of carbonyl (C=O) groups excluding carboxylic acids is 2. The van der Waals surface area contributed by atoms with E-state index in [-0.39, 0.29) is 6.54 Å². The van der Waals surface area contributed by atoms with Crippen molar-refractivity contribution >= 4 is 44.7 Å². The first-order chi connectivity index (χ1) is 16.4. The molecule has 0 N–H and O–H groups in total. The van der Waals surface area contributed by atoms with Crippen molar-refractivity contribution in [2.75, 3.05) is 0 Å². The van der Waals surface area contributed by atoms with Gasteiger partial charge in [-0.05, 0) is 55.4 Å². The molecule has 8 nitrogen and oxygen atoms in total. The first-order valence-electron chi connectivity index (χ1n) is 9.81. The maximum atomic E-state index is 13.5. The summed E-state index contributed by atoms with van der Waals surface area (Å²) in [6.45, 7) is 2.84. The molecule has 2 amide bonds. The molecular formula is C20H16F6N3O5S2+. The highest BCUT2D eigenvalue weighted by molar-refractivity contribution is 7.92. The molecule has 1 fully saturated rings. The third-order valence-electron chi connectivity index (χ3n) is 5.39. The van der Waals surface area contributed by atoms with Crippen molar-refractivity contribution in [3.05, 3.63) is 53.9 Å². The first kappa shape index (κ1) is 27.5. The Morgan fingerprint density at radius 3 is 2.22 bits per heavy atom. The number of urea groups is 1. The van der Waals surface area contributed by atoms with Gasteiger partial charge < -0.3 is 0 Å². The van der Waals surface area contributed by atoms with Crippen LogP contribution in [0.2, 0.25) is 0 Å². The Bertz CT molecular complexity index is 1330. The minimum atomic E-state index is -5.81. The second kappa shape index (κ2) is 9.08. The average Bonchev–Trinajstić information content (AvgIpc) is 2.95. The quantitative estimate of drug-likeness (QED) is 0.307.